The lowest BCUT2D eigenvalue weighted by molar-refractivity contribution is -0.118. The molecule has 5 nitrogen and oxygen atoms in total. The molecule has 0 fully saturated rings. The molecule has 216 valence electrons. The maximum Gasteiger partial charge on any atom is 0.262 e. The molecule has 0 spiro atoms. The monoisotopic (exact) mass is 638 g/mol. The van der Waals surface area contributed by atoms with Crippen LogP contribution >= 0.6 is 40.3 Å². The number of carbonyl (C=O) groups is 1. The topological polar surface area (TPSA) is 50.8 Å². The van der Waals surface area contributed by atoms with Crippen LogP contribution in [0.5, 0.6) is 11.5 Å². The van der Waals surface area contributed by atoms with Gasteiger partial charge in [-0.25, -0.2) is 0 Å². The summed E-state index contributed by atoms with van der Waals surface area (Å²) in [5, 5.41) is 5.62. The molecule has 0 aromatic heterocycles. The van der Waals surface area contributed by atoms with Crippen molar-refractivity contribution in [3.05, 3.63) is 64.2 Å². The lowest BCUT2D eigenvalue weighted by atomic mass is 10.1. The number of ether oxygens (including phenoxy) is 2. The van der Waals surface area contributed by atoms with E-state index in [4.69, 9.17) is 21.1 Å². The van der Waals surface area contributed by atoms with E-state index in [0.29, 0.717) is 23.1 Å². The highest BCUT2D eigenvalue weighted by Gasteiger charge is 2.12. The van der Waals surface area contributed by atoms with Crippen molar-refractivity contribution >= 4 is 51.9 Å². The van der Waals surface area contributed by atoms with Gasteiger partial charge < -0.3 is 19.7 Å². The van der Waals surface area contributed by atoms with Crippen LogP contribution in [-0.2, 0) is 11.3 Å². The smallest absolute Gasteiger partial charge is 0.262 e. The fourth-order valence-electron chi connectivity index (χ4n) is 4.31. The van der Waals surface area contributed by atoms with Crippen LogP contribution in [0.3, 0.4) is 0 Å². The zero-order valence-corrected chi connectivity index (χ0v) is 26.7. The summed E-state index contributed by atoms with van der Waals surface area (Å²) in [5.41, 5.74) is 3.25. The third-order valence-corrected chi connectivity index (χ3v) is 7.90. The highest BCUT2D eigenvalue weighted by Crippen LogP contribution is 2.29. The van der Waals surface area contributed by atoms with Crippen molar-refractivity contribution in [1.29, 1.82) is 0 Å². The lowest BCUT2D eigenvalue weighted by Gasteiger charge is -2.19. The Morgan fingerprint density at radius 3 is 2.26 bits per heavy atom. The first-order valence-corrected chi connectivity index (χ1v) is 15.4. The van der Waals surface area contributed by atoms with Crippen LogP contribution in [0.1, 0.15) is 83.6 Å². The zero-order valence-electron chi connectivity index (χ0n) is 23.4. The predicted molar refractivity (Wildman–Crippen MR) is 171 cm³/mol. The van der Waals surface area contributed by atoms with Crippen molar-refractivity contribution in [2.24, 2.45) is 0 Å². The second-order valence-corrected chi connectivity index (χ2v) is 11.1. The number of nitrogens with one attached hydrogen (secondary N) is 1. The van der Waals surface area contributed by atoms with Crippen LogP contribution in [-0.4, -0.2) is 29.9 Å². The highest BCUT2D eigenvalue weighted by atomic mass is 79.9. The normalized spacial score (nSPS) is 12.6. The van der Waals surface area contributed by atoms with Gasteiger partial charge in [-0.15, -0.1) is 28.7 Å². The number of thioether (sulfide) groups is 1. The number of nitrogens with zero attached hydrogens (tertiary/aromatic N) is 1. The number of benzene rings is 2. The quantitative estimate of drug-likeness (QED) is 0.165. The highest BCUT2D eigenvalue weighted by molar-refractivity contribution is 8.93. The molecule has 0 aliphatic carbocycles. The number of carbonyl (C=O) groups excluding carboxylic acids is 1. The number of amides is 1. The summed E-state index contributed by atoms with van der Waals surface area (Å²) in [4.78, 5) is 14.7. The van der Waals surface area contributed by atoms with Crippen molar-refractivity contribution in [3.63, 3.8) is 0 Å². The van der Waals surface area contributed by atoms with E-state index in [0.717, 1.165) is 31.0 Å². The molecule has 1 aliphatic heterocycles. The number of halogens is 2. The van der Waals surface area contributed by atoms with Gasteiger partial charge in [0.15, 0.2) is 6.61 Å². The summed E-state index contributed by atoms with van der Waals surface area (Å²) >= 11 is 8.12. The van der Waals surface area contributed by atoms with Gasteiger partial charge in [0, 0.05) is 24.0 Å². The number of unbranched alkanes of at least 4 members (excludes halogenated alkanes) is 9. The fourth-order valence-corrected chi connectivity index (χ4v) is 5.42. The minimum Gasteiger partial charge on any atom is -0.492 e. The SMILES string of the molecule is Br.CCCCCCCCCCCCOc1cc(OCC(=O)Nc2ccc(CN3CSC=C3C)cc2)ccc1Cl. The largest absolute Gasteiger partial charge is 0.492 e. The molecule has 2 aromatic carbocycles. The zero-order chi connectivity index (χ0) is 27.0. The number of hydrogen-bond donors (Lipinski definition) is 1. The second-order valence-electron chi connectivity index (χ2n) is 9.91. The number of allylic oxidation sites excluding steroid dienone is 1. The van der Waals surface area contributed by atoms with Crippen molar-refractivity contribution in [3.8, 4) is 11.5 Å². The van der Waals surface area contributed by atoms with Crippen molar-refractivity contribution in [2.45, 2.75) is 84.6 Å². The van der Waals surface area contributed by atoms with Gasteiger partial charge >= 0.3 is 0 Å². The minimum atomic E-state index is -0.213. The standard InChI is InChI=1S/C31H43ClN2O3S.BrH/c1-3-4-5-6-7-8-9-10-11-12-19-36-30-20-28(17-18-29(30)32)37-22-31(35)33-27-15-13-26(14-16-27)21-34-24-38-23-25(34)2;/h13-18,20,23H,3-12,19,21-22,24H2,1-2H3,(H,33,35);1H. The summed E-state index contributed by atoms with van der Waals surface area (Å²) < 4.78 is 11.6. The second kappa shape index (κ2) is 19.3. The van der Waals surface area contributed by atoms with Crippen LogP contribution < -0.4 is 14.8 Å². The maximum atomic E-state index is 12.4. The van der Waals surface area contributed by atoms with E-state index >= 15 is 0 Å². The van der Waals surface area contributed by atoms with E-state index in [-0.39, 0.29) is 29.5 Å². The molecule has 8 heteroatoms. The van der Waals surface area contributed by atoms with E-state index in [1.54, 1.807) is 18.2 Å². The molecule has 1 N–H and O–H groups in total. The number of rotatable bonds is 18. The average molecular weight is 640 g/mol. The Hall–Kier alpha value is -1.83. The van der Waals surface area contributed by atoms with Crippen molar-refractivity contribution in [1.82, 2.24) is 4.90 Å². The molecule has 1 aliphatic rings. The molecule has 39 heavy (non-hydrogen) atoms. The number of anilines is 1. The first kappa shape index (κ1) is 33.4. The Labute approximate surface area is 254 Å². The van der Waals surface area contributed by atoms with Gasteiger partial charge in [0.2, 0.25) is 0 Å². The Kier molecular flexibility index (Phi) is 16.5. The van der Waals surface area contributed by atoms with E-state index in [1.807, 2.05) is 36.0 Å². The predicted octanol–water partition coefficient (Wildman–Crippen LogP) is 9.60. The molecule has 0 atom stereocenters. The summed E-state index contributed by atoms with van der Waals surface area (Å²) in [6.45, 7) is 5.79. The summed E-state index contributed by atoms with van der Waals surface area (Å²) in [6.07, 6.45) is 12.8. The van der Waals surface area contributed by atoms with E-state index < -0.39 is 0 Å². The molecule has 0 saturated carbocycles. The summed E-state index contributed by atoms with van der Waals surface area (Å²) in [5.74, 6) is 1.93. The molecule has 0 bridgehead atoms. The molecule has 3 rings (SSSR count). The first-order valence-electron chi connectivity index (χ1n) is 14.0. The van der Waals surface area contributed by atoms with Crippen molar-refractivity contribution < 1.29 is 14.3 Å². The van der Waals surface area contributed by atoms with Gasteiger partial charge in [0.25, 0.3) is 5.91 Å². The van der Waals surface area contributed by atoms with Gasteiger partial charge in [-0.3, -0.25) is 4.79 Å². The average Bonchev–Trinajstić information content (AvgIpc) is 3.32. The molecular weight excluding hydrogens is 596 g/mol. The molecule has 1 amide bonds. The molecule has 0 saturated heterocycles. The fraction of sp³-hybridized carbons (Fsp3) is 0.516. The number of hydrogen-bond acceptors (Lipinski definition) is 5. The van der Waals surface area contributed by atoms with Crippen LogP contribution in [0.2, 0.25) is 5.02 Å². The maximum absolute atomic E-state index is 12.4. The Morgan fingerprint density at radius 1 is 0.949 bits per heavy atom. The van der Waals surface area contributed by atoms with Gasteiger partial charge in [-0.2, -0.15) is 0 Å². The van der Waals surface area contributed by atoms with E-state index in [1.165, 1.54) is 62.6 Å². The van der Waals surface area contributed by atoms with Gasteiger partial charge in [0.1, 0.15) is 11.5 Å². The van der Waals surface area contributed by atoms with Crippen LogP contribution in [0.15, 0.2) is 53.6 Å². The first-order chi connectivity index (χ1) is 18.5. The molecular formula is C31H44BrClN2O3S. The Morgan fingerprint density at radius 2 is 1.62 bits per heavy atom. The minimum absolute atomic E-state index is 0. The van der Waals surface area contributed by atoms with Crippen LogP contribution in [0.25, 0.3) is 0 Å². The van der Waals surface area contributed by atoms with Crippen molar-refractivity contribution in [2.75, 3.05) is 24.4 Å². The third-order valence-electron chi connectivity index (χ3n) is 6.62. The Balaban J connectivity index is 0.00000533. The third kappa shape index (κ3) is 12.9. The molecule has 1 heterocycles. The summed E-state index contributed by atoms with van der Waals surface area (Å²) in [7, 11) is 0. The van der Waals surface area contributed by atoms with Gasteiger partial charge in [-0.05, 0) is 48.6 Å². The van der Waals surface area contributed by atoms with Crippen LogP contribution in [0.4, 0.5) is 5.69 Å². The molecule has 2 aromatic rings. The molecule has 0 unspecified atom stereocenters. The lowest BCUT2D eigenvalue weighted by Crippen LogP contribution is -2.20. The van der Waals surface area contributed by atoms with E-state index in [2.05, 4.69) is 29.5 Å². The molecule has 0 radical (unpaired) electrons. The van der Waals surface area contributed by atoms with E-state index in [9.17, 15) is 4.79 Å². The van der Waals surface area contributed by atoms with Crippen LogP contribution in [0, 0.1) is 0 Å². The Bertz CT molecular complexity index is 1020. The van der Waals surface area contributed by atoms with Gasteiger partial charge in [0.05, 0.1) is 17.5 Å². The summed E-state index contributed by atoms with van der Waals surface area (Å²) in [6, 6.07) is 13.2. The van der Waals surface area contributed by atoms with Gasteiger partial charge in [-0.1, -0.05) is 88.4 Å².